The molecular formula is C17H12BrN5O4. The van der Waals surface area contributed by atoms with E-state index in [1.807, 2.05) is 0 Å². The maximum Gasteiger partial charge on any atom is 0.352 e. The molecule has 0 amide bonds. The van der Waals surface area contributed by atoms with Gasteiger partial charge in [-0.05, 0) is 30.3 Å². The third-order valence-corrected chi connectivity index (χ3v) is 4.92. The Bertz CT molecular complexity index is 1410. The lowest BCUT2D eigenvalue weighted by atomic mass is 10.1. The highest BCUT2D eigenvalue weighted by atomic mass is 79.9. The summed E-state index contributed by atoms with van der Waals surface area (Å²) in [6.45, 7) is 0. The number of hydrogen-bond acceptors (Lipinski definition) is 5. The van der Waals surface area contributed by atoms with Crippen LogP contribution in [0.2, 0.25) is 0 Å². The van der Waals surface area contributed by atoms with Crippen LogP contribution in [0, 0.1) is 0 Å². The Labute approximate surface area is 158 Å². The van der Waals surface area contributed by atoms with Gasteiger partial charge in [0.2, 0.25) is 0 Å². The van der Waals surface area contributed by atoms with Gasteiger partial charge in [0.05, 0.1) is 10.9 Å². The van der Waals surface area contributed by atoms with Crippen molar-refractivity contribution < 1.29 is 0 Å². The predicted octanol–water partition coefficient (Wildman–Crippen LogP) is 0.339. The minimum Gasteiger partial charge on any atom is -0.292 e. The van der Waals surface area contributed by atoms with Crippen molar-refractivity contribution in [3.8, 4) is 17.1 Å². The molecule has 0 saturated carbocycles. The second-order valence-electron chi connectivity index (χ2n) is 6.01. The molecule has 0 radical (unpaired) electrons. The van der Waals surface area contributed by atoms with Gasteiger partial charge in [-0.3, -0.25) is 28.3 Å². The summed E-state index contributed by atoms with van der Waals surface area (Å²) in [6.07, 6.45) is 0. The second-order valence-corrected chi connectivity index (χ2v) is 6.92. The summed E-state index contributed by atoms with van der Waals surface area (Å²) in [6, 6.07) is 8.29. The number of H-pyrrole nitrogens is 1. The zero-order valence-corrected chi connectivity index (χ0v) is 15.8. The summed E-state index contributed by atoms with van der Waals surface area (Å²) in [7, 11) is 2.65. The monoisotopic (exact) mass is 429 g/mol. The minimum atomic E-state index is -0.733. The molecule has 10 heteroatoms. The molecule has 0 unspecified atom stereocenters. The molecule has 0 atom stereocenters. The van der Waals surface area contributed by atoms with Crippen LogP contribution in [0.4, 0.5) is 0 Å². The molecular weight excluding hydrogens is 418 g/mol. The van der Waals surface area contributed by atoms with Gasteiger partial charge >= 0.3 is 11.4 Å². The number of rotatable bonds is 1. The van der Waals surface area contributed by atoms with Gasteiger partial charge in [-0.1, -0.05) is 15.9 Å². The van der Waals surface area contributed by atoms with E-state index >= 15 is 0 Å². The number of halogens is 1. The van der Waals surface area contributed by atoms with E-state index in [4.69, 9.17) is 0 Å². The van der Waals surface area contributed by atoms with E-state index in [1.54, 1.807) is 24.3 Å². The van der Waals surface area contributed by atoms with E-state index in [0.717, 1.165) is 13.6 Å². The molecule has 0 aliphatic carbocycles. The molecule has 0 spiro atoms. The lowest BCUT2D eigenvalue weighted by Gasteiger charge is -2.18. The van der Waals surface area contributed by atoms with Crippen LogP contribution in [-0.2, 0) is 14.1 Å². The summed E-state index contributed by atoms with van der Waals surface area (Å²) in [5, 5.41) is 0.130. The Hall–Kier alpha value is -3.27. The summed E-state index contributed by atoms with van der Waals surface area (Å²) in [4.78, 5) is 56.1. The Morgan fingerprint density at radius 3 is 2.30 bits per heavy atom. The van der Waals surface area contributed by atoms with Crippen LogP contribution in [0.5, 0.6) is 0 Å². The SMILES string of the molecule is Cn1c(=O)nc2n(-c3ccc(Br)cc3)c3[nH]c(=O)n(C)c(=O)c3cc-2c1=O. The normalized spacial score (nSPS) is 11.4. The van der Waals surface area contributed by atoms with Gasteiger partial charge in [-0.25, -0.2) is 9.59 Å². The molecule has 3 heterocycles. The van der Waals surface area contributed by atoms with Gasteiger partial charge < -0.3 is 0 Å². The topological polar surface area (TPSA) is 112 Å². The molecule has 27 heavy (non-hydrogen) atoms. The number of fused-ring (bicyclic) bond motifs is 2. The Kier molecular flexibility index (Phi) is 3.74. The summed E-state index contributed by atoms with van der Waals surface area (Å²) in [5.74, 6) is 0.0572. The van der Waals surface area contributed by atoms with Gasteiger partial charge in [-0.15, -0.1) is 0 Å². The van der Waals surface area contributed by atoms with E-state index in [-0.39, 0.29) is 22.4 Å². The van der Waals surface area contributed by atoms with Gasteiger partial charge in [0.25, 0.3) is 11.1 Å². The van der Waals surface area contributed by atoms with Gasteiger partial charge in [0.15, 0.2) is 5.82 Å². The molecule has 0 fully saturated rings. The van der Waals surface area contributed by atoms with Crippen LogP contribution < -0.4 is 22.5 Å². The van der Waals surface area contributed by atoms with Crippen LogP contribution in [0.15, 0.2) is 54.0 Å². The fraction of sp³-hybridized carbons (Fsp3) is 0.118. The Morgan fingerprint density at radius 1 is 0.963 bits per heavy atom. The van der Waals surface area contributed by atoms with Crippen molar-refractivity contribution in [2.24, 2.45) is 14.1 Å². The summed E-state index contributed by atoms with van der Waals surface area (Å²) in [5.41, 5.74) is -1.72. The van der Waals surface area contributed by atoms with Gasteiger partial charge in [0.1, 0.15) is 5.65 Å². The van der Waals surface area contributed by atoms with Crippen LogP contribution in [-0.4, -0.2) is 23.7 Å². The fourth-order valence-corrected chi connectivity index (χ4v) is 3.17. The average molecular weight is 430 g/mol. The zero-order valence-electron chi connectivity index (χ0n) is 14.2. The molecule has 9 nitrogen and oxygen atoms in total. The average Bonchev–Trinajstić information content (AvgIpc) is 2.65. The first kappa shape index (κ1) is 17.2. The lowest BCUT2D eigenvalue weighted by molar-refractivity contribution is 0.759. The number of aromatic nitrogens is 5. The first-order valence-corrected chi connectivity index (χ1v) is 8.60. The number of pyridine rings is 1. The number of nitrogens with one attached hydrogen (secondary N) is 1. The smallest absolute Gasteiger partial charge is 0.292 e. The van der Waals surface area contributed by atoms with Crippen LogP contribution >= 0.6 is 15.9 Å². The third kappa shape index (κ3) is 2.48. The van der Waals surface area contributed by atoms with E-state index in [0.29, 0.717) is 5.69 Å². The van der Waals surface area contributed by atoms with Crippen LogP contribution in [0.1, 0.15) is 0 Å². The Balaban J connectivity index is 2.35. The quantitative estimate of drug-likeness (QED) is 0.438. The molecule has 2 aliphatic heterocycles. The largest absolute Gasteiger partial charge is 0.352 e. The maximum absolute atomic E-state index is 12.6. The van der Waals surface area contributed by atoms with Crippen molar-refractivity contribution in [3.63, 3.8) is 0 Å². The second kappa shape index (κ2) is 5.88. The van der Waals surface area contributed by atoms with Crippen molar-refractivity contribution >= 4 is 27.0 Å². The van der Waals surface area contributed by atoms with Gasteiger partial charge in [-0.2, -0.15) is 4.98 Å². The van der Waals surface area contributed by atoms with Crippen molar-refractivity contribution in [3.05, 3.63) is 76.5 Å². The van der Waals surface area contributed by atoms with Crippen molar-refractivity contribution in [1.82, 2.24) is 23.7 Å². The summed E-state index contributed by atoms with van der Waals surface area (Å²) >= 11 is 3.34. The molecule has 1 aromatic heterocycles. The van der Waals surface area contributed by atoms with E-state index in [2.05, 4.69) is 25.9 Å². The molecule has 136 valence electrons. The van der Waals surface area contributed by atoms with E-state index in [9.17, 15) is 19.2 Å². The molecule has 2 aromatic rings. The highest BCUT2D eigenvalue weighted by Crippen LogP contribution is 2.25. The zero-order chi connectivity index (χ0) is 19.5. The molecule has 4 rings (SSSR count). The summed E-state index contributed by atoms with van der Waals surface area (Å²) < 4.78 is 4.04. The molecule has 1 N–H and O–H groups in total. The molecule has 0 bridgehead atoms. The lowest BCUT2D eigenvalue weighted by Crippen LogP contribution is -2.38. The van der Waals surface area contributed by atoms with E-state index < -0.39 is 22.5 Å². The standard InChI is InChI=1S/C17H12BrN5O4/c1-21-14(24)10-7-11-13(20-17(27)22(2)15(11)25)23(12(10)19-16(21)26)9-5-3-8(18)4-6-9/h3-7H,1-2H3,(H,19,26). The number of nitrogens with zero attached hydrogens (tertiary/aromatic N) is 4. The molecule has 2 aliphatic rings. The number of hydrogen-bond donors (Lipinski definition) is 1. The Morgan fingerprint density at radius 2 is 1.63 bits per heavy atom. The number of aromatic amines is 1. The highest BCUT2D eigenvalue weighted by molar-refractivity contribution is 9.10. The van der Waals surface area contributed by atoms with Gasteiger partial charge in [0, 0.05) is 24.3 Å². The van der Waals surface area contributed by atoms with Crippen molar-refractivity contribution in [2.75, 3.05) is 0 Å². The first-order chi connectivity index (χ1) is 12.8. The first-order valence-electron chi connectivity index (χ1n) is 7.81. The van der Waals surface area contributed by atoms with E-state index in [1.165, 1.54) is 24.7 Å². The molecule has 0 saturated heterocycles. The van der Waals surface area contributed by atoms with Crippen molar-refractivity contribution in [1.29, 1.82) is 0 Å². The molecule has 1 aromatic carbocycles. The number of benzene rings is 1. The minimum absolute atomic E-state index is 0.0572. The predicted molar refractivity (Wildman–Crippen MR) is 103 cm³/mol. The van der Waals surface area contributed by atoms with Crippen molar-refractivity contribution in [2.45, 2.75) is 0 Å². The fourth-order valence-electron chi connectivity index (χ4n) is 2.91. The highest BCUT2D eigenvalue weighted by Gasteiger charge is 2.22. The maximum atomic E-state index is 12.6. The third-order valence-electron chi connectivity index (χ3n) is 4.39. The van der Waals surface area contributed by atoms with Crippen LogP contribution in [0.25, 0.3) is 28.1 Å². The van der Waals surface area contributed by atoms with Crippen LogP contribution in [0.3, 0.4) is 0 Å².